The van der Waals surface area contributed by atoms with Gasteiger partial charge in [0.15, 0.2) is 0 Å². The Bertz CT molecular complexity index is 731. The summed E-state index contributed by atoms with van der Waals surface area (Å²) in [5.74, 6) is 0. The molecule has 0 aromatic heterocycles. The molecule has 3 atom stereocenters. The summed E-state index contributed by atoms with van der Waals surface area (Å²) >= 11 is 0. The van der Waals surface area contributed by atoms with Crippen molar-refractivity contribution >= 4 is 0 Å². The van der Waals surface area contributed by atoms with E-state index in [1.54, 1.807) is 0 Å². The summed E-state index contributed by atoms with van der Waals surface area (Å²) in [4.78, 5) is 2.54. The van der Waals surface area contributed by atoms with Crippen LogP contribution in [-0.2, 0) is 12.0 Å². The monoisotopic (exact) mass is 363 g/mol. The highest BCUT2D eigenvalue weighted by molar-refractivity contribution is 5.28. The van der Waals surface area contributed by atoms with E-state index in [4.69, 9.17) is 0 Å². The Morgan fingerprint density at radius 2 is 1.59 bits per heavy atom. The number of benzene rings is 2. The molecular formula is C25H33NO. The Labute approximate surface area is 164 Å². The molecule has 2 saturated heterocycles. The smallest absolute Gasteiger partial charge is 0.105 e. The van der Waals surface area contributed by atoms with Crippen molar-refractivity contribution in [2.45, 2.75) is 75.0 Å². The number of likely N-dealkylation sites (N-methyl/N-ethyl adjacent to an activating group) is 1. The van der Waals surface area contributed by atoms with Gasteiger partial charge in [-0.1, -0.05) is 73.5 Å². The van der Waals surface area contributed by atoms with Gasteiger partial charge in [0.2, 0.25) is 0 Å². The van der Waals surface area contributed by atoms with Gasteiger partial charge in [-0.3, -0.25) is 4.90 Å². The minimum atomic E-state index is -0.677. The molecule has 2 fully saturated rings. The van der Waals surface area contributed by atoms with Gasteiger partial charge in [-0.15, -0.1) is 0 Å². The Balaban J connectivity index is 1.33. The molecule has 2 heterocycles. The van der Waals surface area contributed by atoms with Gasteiger partial charge in [-0.05, 0) is 63.1 Å². The molecule has 27 heavy (non-hydrogen) atoms. The number of aryl methyl sites for hydroxylation is 1. The summed E-state index contributed by atoms with van der Waals surface area (Å²) in [6.45, 7) is 0. The van der Waals surface area contributed by atoms with E-state index in [9.17, 15) is 5.11 Å². The molecule has 0 amide bonds. The predicted octanol–water partition coefficient (Wildman–Crippen LogP) is 5.30. The minimum absolute atomic E-state index is 0.262. The summed E-state index contributed by atoms with van der Waals surface area (Å²) in [5, 5.41) is 11.5. The SMILES string of the molecule is CN1[C@H]2CC[C@]1(CCCCCc1ccccc1)CCC2(O)c1ccccc1. The van der Waals surface area contributed by atoms with E-state index in [-0.39, 0.29) is 6.04 Å². The zero-order valence-corrected chi connectivity index (χ0v) is 16.6. The van der Waals surface area contributed by atoms with Crippen LogP contribution in [-0.4, -0.2) is 28.6 Å². The van der Waals surface area contributed by atoms with Crippen LogP contribution in [0.5, 0.6) is 0 Å². The molecule has 1 N–H and O–H groups in total. The van der Waals surface area contributed by atoms with Crippen LogP contribution in [0.2, 0.25) is 0 Å². The van der Waals surface area contributed by atoms with Crippen LogP contribution < -0.4 is 0 Å². The second kappa shape index (κ2) is 7.77. The van der Waals surface area contributed by atoms with Crippen LogP contribution in [0.15, 0.2) is 60.7 Å². The van der Waals surface area contributed by atoms with Crippen LogP contribution in [0.4, 0.5) is 0 Å². The number of rotatable bonds is 7. The molecule has 2 nitrogen and oxygen atoms in total. The predicted molar refractivity (Wildman–Crippen MR) is 112 cm³/mol. The van der Waals surface area contributed by atoms with E-state index in [1.807, 2.05) is 6.07 Å². The average Bonchev–Trinajstić information content (AvgIpc) is 2.95. The molecule has 0 radical (unpaired) electrons. The van der Waals surface area contributed by atoms with Crippen molar-refractivity contribution < 1.29 is 5.11 Å². The molecule has 1 unspecified atom stereocenters. The highest BCUT2D eigenvalue weighted by Gasteiger charge is 2.56. The van der Waals surface area contributed by atoms with E-state index >= 15 is 0 Å². The van der Waals surface area contributed by atoms with Gasteiger partial charge in [0, 0.05) is 11.6 Å². The fraction of sp³-hybridized carbons (Fsp3) is 0.520. The molecule has 0 spiro atoms. The van der Waals surface area contributed by atoms with E-state index in [1.165, 1.54) is 44.1 Å². The first-order valence-corrected chi connectivity index (χ1v) is 10.7. The molecule has 2 aliphatic rings. The van der Waals surface area contributed by atoms with E-state index in [0.717, 1.165) is 24.8 Å². The third-order valence-corrected chi connectivity index (χ3v) is 7.35. The lowest BCUT2D eigenvalue weighted by Gasteiger charge is -2.50. The molecule has 144 valence electrons. The number of aliphatic hydroxyl groups is 1. The van der Waals surface area contributed by atoms with Crippen LogP contribution in [0, 0.1) is 0 Å². The van der Waals surface area contributed by atoms with Gasteiger partial charge in [0.1, 0.15) is 5.60 Å². The first-order valence-electron chi connectivity index (χ1n) is 10.7. The Morgan fingerprint density at radius 3 is 2.33 bits per heavy atom. The quantitative estimate of drug-likeness (QED) is 0.674. The zero-order chi connectivity index (χ0) is 18.7. The fourth-order valence-corrected chi connectivity index (χ4v) is 5.65. The lowest BCUT2D eigenvalue weighted by molar-refractivity contribution is -0.0999. The van der Waals surface area contributed by atoms with Gasteiger partial charge in [0.25, 0.3) is 0 Å². The van der Waals surface area contributed by atoms with Gasteiger partial charge in [-0.2, -0.15) is 0 Å². The van der Waals surface area contributed by atoms with Crippen molar-refractivity contribution in [3.8, 4) is 0 Å². The number of hydrogen-bond donors (Lipinski definition) is 1. The molecule has 2 aromatic carbocycles. The van der Waals surface area contributed by atoms with Gasteiger partial charge in [-0.25, -0.2) is 0 Å². The van der Waals surface area contributed by atoms with Crippen LogP contribution in [0.25, 0.3) is 0 Å². The van der Waals surface area contributed by atoms with Crippen molar-refractivity contribution in [2.24, 2.45) is 0 Å². The third kappa shape index (κ3) is 3.58. The Hall–Kier alpha value is -1.64. The molecule has 2 aliphatic heterocycles. The first kappa shape index (κ1) is 18.7. The van der Waals surface area contributed by atoms with Crippen molar-refractivity contribution in [1.82, 2.24) is 4.90 Å². The van der Waals surface area contributed by atoms with Gasteiger partial charge < -0.3 is 5.11 Å². The highest BCUT2D eigenvalue weighted by atomic mass is 16.3. The zero-order valence-electron chi connectivity index (χ0n) is 16.6. The number of hydrogen-bond acceptors (Lipinski definition) is 2. The molecule has 2 heteroatoms. The molecule has 2 aromatic rings. The topological polar surface area (TPSA) is 23.5 Å². The highest BCUT2D eigenvalue weighted by Crippen LogP contribution is 2.53. The van der Waals surface area contributed by atoms with E-state index < -0.39 is 5.60 Å². The van der Waals surface area contributed by atoms with Crippen molar-refractivity contribution in [3.63, 3.8) is 0 Å². The lowest BCUT2D eigenvalue weighted by Crippen LogP contribution is -2.57. The van der Waals surface area contributed by atoms with Crippen LogP contribution >= 0.6 is 0 Å². The van der Waals surface area contributed by atoms with Crippen molar-refractivity contribution in [1.29, 1.82) is 0 Å². The fourth-order valence-electron chi connectivity index (χ4n) is 5.65. The van der Waals surface area contributed by atoms with Gasteiger partial charge in [0.05, 0.1) is 0 Å². The molecule has 2 bridgehead atoms. The molecule has 4 rings (SSSR count). The summed E-state index contributed by atoms with van der Waals surface area (Å²) in [6.07, 6.45) is 10.7. The lowest BCUT2D eigenvalue weighted by atomic mass is 9.75. The van der Waals surface area contributed by atoms with Crippen molar-refractivity contribution in [2.75, 3.05) is 7.05 Å². The number of unbranched alkanes of at least 4 members (excludes halogenated alkanes) is 2. The van der Waals surface area contributed by atoms with Gasteiger partial charge >= 0.3 is 0 Å². The van der Waals surface area contributed by atoms with Crippen molar-refractivity contribution in [3.05, 3.63) is 71.8 Å². The summed E-state index contributed by atoms with van der Waals surface area (Å²) in [7, 11) is 2.26. The number of piperidine rings is 1. The van der Waals surface area contributed by atoms with Crippen LogP contribution in [0.3, 0.4) is 0 Å². The number of fused-ring (bicyclic) bond motifs is 2. The number of nitrogens with zero attached hydrogens (tertiary/aromatic N) is 1. The maximum Gasteiger partial charge on any atom is 0.105 e. The summed E-state index contributed by atoms with van der Waals surface area (Å²) in [6, 6.07) is 21.4. The molecule has 0 saturated carbocycles. The Kier molecular flexibility index (Phi) is 5.39. The molecule has 0 aliphatic carbocycles. The maximum atomic E-state index is 11.5. The maximum absolute atomic E-state index is 11.5. The summed E-state index contributed by atoms with van der Waals surface area (Å²) < 4.78 is 0. The third-order valence-electron chi connectivity index (χ3n) is 7.35. The average molecular weight is 364 g/mol. The Morgan fingerprint density at radius 1 is 0.889 bits per heavy atom. The van der Waals surface area contributed by atoms with Crippen LogP contribution in [0.1, 0.15) is 62.5 Å². The normalized spacial score (nSPS) is 30.5. The second-order valence-electron chi connectivity index (χ2n) is 8.73. The largest absolute Gasteiger partial charge is 0.384 e. The standard InChI is InChI=1S/C25H33NO/c1-26-23-16-18-24(26,17-10-4-7-13-21-11-5-2-6-12-21)19-20-25(23,27)22-14-8-3-9-15-22/h2-3,5-6,8-9,11-12,14-15,23,27H,4,7,10,13,16-20H2,1H3/t23-,24+,25?/m0/s1. The van der Waals surface area contributed by atoms with E-state index in [0.29, 0.717) is 5.54 Å². The van der Waals surface area contributed by atoms with E-state index in [2.05, 4.69) is 66.5 Å². The minimum Gasteiger partial charge on any atom is -0.384 e. The summed E-state index contributed by atoms with van der Waals surface area (Å²) in [5.41, 5.74) is 2.20. The first-order chi connectivity index (χ1) is 13.1. The second-order valence-corrected chi connectivity index (χ2v) is 8.73. The molecular weight excluding hydrogens is 330 g/mol.